The Balaban J connectivity index is 2.02. The summed E-state index contributed by atoms with van der Waals surface area (Å²) in [6.45, 7) is 3.96. The maximum Gasteiger partial charge on any atom is 0.260 e. The predicted octanol–water partition coefficient (Wildman–Crippen LogP) is 1.47. The Bertz CT molecular complexity index is 556. The Hall–Kier alpha value is -2.08. The summed E-state index contributed by atoms with van der Waals surface area (Å²) in [4.78, 5) is 25.9. The fourth-order valence-corrected chi connectivity index (χ4v) is 2.90. The van der Waals surface area contributed by atoms with Crippen LogP contribution in [0.5, 0.6) is 5.75 Å². The van der Waals surface area contributed by atoms with Gasteiger partial charge in [0.05, 0.1) is 12.6 Å². The molecule has 1 unspecified atom stereocenters. The van der Waals surface area contributed by atoms with Crippen LogP contribution in [-0.4, -0.2) is 50.0 Å². The highest BCUT2D eigenvalue weighted by atomic mass is 16.5. The van der Waals surface area contributed by atoms with Crippen LogP contribution in [0, 0.1) is 0 Å². The van der Waals surface area contributed by atoms with Crippen LogP contribution in [0.1, 0.15) is 37.8 Å². The van der Waals surface area contributed by atoms with Gasteiger partial charge >= 0.3 is 0 Å². The molecule has 2 N–H and O–H groups in total. The number of benzene rings is 1. The summed E-state index contributed by atoms with van der Waals surface area (Å²) in [6.07, 6.45) is 2.88. The van der Waals surface area contributed by atoms with Crippen molar-refractivity contribution in [3.05, 3.63) is 29.8 Å². The molecule has 24 heavy (non-hydrogen) atoms. The first-order valence-corrected chi connectivity index (χ1v) is 8.59. The molecule has 0 aliphatic carbocycles. The molecule has 1 heterocycles. The molecule has 6 heteroatoms. The maximum absolute atomic E-state index is 12.2. The summed E-state index contributed by atoms with van der Waals surface area (Å²) in [5.74, 6) is 0.614. The number of para-hydroxylation sites is 1. The average Bonchev–Trinajstić information content (AvgIpc) is 3.13. The number of amides is 2. The minimum atomic E-state index is -0.135. The number of ether oxygens (including phenoxy) is 1. The summed E-state index contributed by atoms with van der Waals surface area (Å²) in [6, 6.07) is 7.44. The molecule has 132 valence electrons. The second-order valence-corrected chi connectivity index (χ2v) is 5.97. The lowest BCUT2D eigenvalue weighted by molar-refractivity contribution is -0.132. The molecular formula is C18H27N3O3. The molecule has 0 radical (unpaired) electrons. The molecule has 1 aromatic rings. The Kier molecular flexibility index (Phi) is 7.06. The van der Waals surface area contributed by atoms with Gasteiger partial charge in [-0.1, -0.05) is 25.1 Å². The van der Waals surface area contributed by atoms with Crippen LogP contribution < -0.4 is 15.4 Å². The summed E-state index contributed by atoms with van der Waals surface area (Å²) < 4.78 is 5.78. The van der Waals surface area contributed by atoms with Crippen LogP contribution >= 0.6 is 0 Å². The van der Waals surface area contributed by atoms with E-state index in [0.717, 1.165) is 37.9 Å². The zero-order valence-electron chi connectivity index (χ0n) is 14.5. The van der Waals surface area contributed by atoms with Crippen molar-refractivity contribution in [3.8, 4) is 5.75 Å². The fraction of sp³-hybridized carbons (Fsp3) is 0.556. The molecule has 0 spiro atoms. The van der Waals surface area contributed by atoms with E-state index in [1.165, 1.54) is 0 Å². The van der Waals surface area contributed by atoms with E-state index < -0.39 is 0 Å². The van der Waals surface area contributed by atoms with Gasteiger partial charge in [-0.3, -0.25) is 9.59 Å². The topological polar surface area (TPSA) is 70.7 Å². The van der Waals surface area contributed by atoms with Crippen molar-refractivity contribution in [3.63, 3.8) is 0 Å². The molecule has 1 aromatic carbocycles. The van der Waals surface area contributed by atoms with Crippen LogP contribution in [0.3, 0.4) is 0 Å². The number of rotatable bonds is 8. The van der Waals surface area contributed by atoms with E-state index in [2.05, 4.69) is 10.6 Å². The summed E-state index contributed by atoms with van der Waals surface area (Å²) in [5.41, 5.74) is 0.902. The predicted molar refractivity (Wildman–Crippen MR) is 92.9 cm³/mol. The number of carbonyl (C=O) groups excluding carboxylic acids is 2. The van der Waals surface area contributed by atoms with E-state index in [9.17, 15) is 9.59 Å². The Morgan fingerprint density at radius 1 is 1.25 bits per heavy atom. The van der Waals surface area contributed by atoms with E-state index in [1.54, 1.807) is 7.05 Å². The molecule has 1 atom stereocenters. The zero-order valence-corrected chi connectivity index (χ0v) is 14.5. The normalized spacial score (nSPS) is 15.2. The minimum absolute atomic E-state index is 0.0228. The Morgan fingerprint density at radius 3 is 2.62 bits per heavy atom. The van der Waals surface area contributed by atoms with Crippen LogP contribution in [0.15, 0.2) is 24.3 Å². The number of likely N-dealkylation sites (N-methyl/N-ethyl adjacent to an activating group) is 1. The first-order chi connectivity index (χ1) is 11.7. The third-order valence-electron chi connectivity index (χ3n) is 4.19. The van der Waals surface area contributed by atoms with Crippen molar-refractivity contribution in [1.82, 2.24) is 15.5 Å². The number of hydrogen-bond donors (Lipinski definition) is 2. The zero-order chi connectivity index (χ0) is 17.4. The molecular weight excluding hydrogens is 306 g/mol. The average molecular weight is 333 g/mol. The van der Waals surface area contributed by atoms with Gasteiger partial charge in [-0.15, -0.1) is 0 Å². The van der Waals surface area contributed by atoms with Crippen molar-refractivity contribution in [2.24, 2.45) is 0 Å². The molecule has 2 amide bonds. The first-order valence-electron chi connectivity index (χ1n) is 8.59. The van der Waals surface area contributed by atoms with E-state index >= 15 is 0 Å². The smallest absolute Gasteiger partial charge is 0.260 e. The molecule has 1 aliphatic rings. The second kappa shape index (κ2) is 9.27. The monoisotopic (exact) mass is 333 g/mol. The summed E-state index contributed by atoms with van der Waals surface area (Å²) in [5, 5.41) is 5.83. The molecule has 1 aliphatic heterocycles. The van der Waals surface area contributed by atoms with Gasteiger partial charge in [-0.2, -0.15) is 0 Å². The number of carbonyl (C=O) groups is 2. The number of hydrogen-bond acceptors (Lipinski definition) is 4. The lowest BCUT2D eigenvalue weighted by atomic mass is 10.0. The van der Waals surface area contributed by atoms with Gasteiger partial charge in [0.25, 0.3) is 5.91 Å². The standard InChI is InChI=1S/C18H27N3O3/c1-3-15(20-17(22)12-19-2)14-8-4-5-9-16(14)24-13-18(23)21-10-6-7-11-21/h4-5,8-9,15,19H,3,6-7,10-13H2,1-2H3,(H,20,22). The van der Waals surface area contributed by atoms with Crippen molar-refractivity contribution < 1.29 is 14.3 Å². The molecule has 0 aromatic heterocycles. The van der Waals surface area contributed by atoms with Gasteiger partial charge in [0, 0.05) is 18.7 Å². The van der Waals surface area contributed by atoms with Crippen LogP contribution in [-0.2, 0) is 9.59 Å². The summed E-state index contributed by atoms with van der Waals surface area (Å²) in [7, 11) is 1.74. The molecule has 0 saturated carbocycles. The van der Waals surface area contributed by atoms with Gasteiger partial charge in [0.15, 0.2) is 6.61 Å². The molecule has 0 bridgehead atoms. The Morgan fingerprint density at radius 2 is 1.96 bits per heavy atom. The maximum atomic E-state index is 12.2. The van der Waals surface area contributed by atoms with E-state index in [0.29, 0.717) is 5.75 Å². The van der Waals surface area contributed by atoms with Crippen molar-refractivity contribution in [2.75, 3.05) is 33.3 Å². The van der Waals surface area contributed by atoms with E-state index in [-0.39, 0.29) is 31.0 Å². The van der Waals surface area contributed by atoms with Gasteiger partial charge < -0.3 is 20.3 Å². The quantitative estimate of drug-likeness (QED) is 0.756. The summed E-state index contributed by atoms with van der Waals surface area (Å²) >= 11 is 0. The van der Waals surface area contributed by atoms with Gasteiger partial charge in [-0.05, 0) is 32.4 Å². The van der Waals surface area contributed by atoms with Crippen molar-refractivity contribution in [2.45, 2.75) is 32.2 Å². The number of nitrogens with zero attached hydrogens (tertiary/aromatic N) is 1. The van der Waals surface area contributed by atoms with Crippen molar-refractivity contribution in [1.29, 1.82) is 0 Å². The SMILES string of the molecule is CCC(NC(=O)CNC)c1ccccc1OCC(=O)N1CCCC1. The second-order valence-electron chi connectivity index (χ2n) is 5.97. The van der Waals surface area contributed by atoms with Crippen LogP contribution in [0.2, 0.25) is 0 Å². The minimum Gasteiger partial charge on any atom is -0.483 e. The molecule has 6 nitrogen and oxygen atoms in total. The van der Waals surface area contributed by atoms with Crippen LogP contribution in [0.25, 0.3) is 0 Å². The van der Waals surface area contributed by atoms with Gasteiger partial charge in [0.1, 0.15) is 5.75 Å². The lowest BCUT2D eigenvalue weighted by Crippen LogP contribution is -2.35. The highest BCUT2D eigenvalue weighted by Gasteiger charge is 2.20. The number of nitrogens with one attached hydrogen (secondary N) is 2. The highest BCUT2D eigenvalue weighted by molar-refractivity contribution is 5.79. The van der Waals surface area contributed by atoms with Gasteiger partial charge in [0.2, 0.25) is 5.91 Å². The molecule has 1 saturated heterocycles. The highest BCUT2D eigenvalue weighted by Crippen LogP contribution is 2.27. The third kappa shape index (κ3) is 4.96. The van der Waals surface area contributed by atoms with Crippen LogP contribution in [0.4, 0.5) is 0 Å². The third-order valence-corrected chi connectivity index (χ3v) is 4.19. The lowest BCUT2D eigenvalue weighted by Gasteiger charge is -2.21. The van der Waals surface area contributed by atoms with Gasteiger partial charge in [-0.25, -0.2) is 0 Å². The molecule has 1 fully saturated rings. The first kappa shape index (κ1) is 18.3. The van der Waals surface area contributed by atoms with E-state index in [4.69, 9.17) is 4.74 Å². The fourth-order valence-electron chi connectivity index (χ4n) is 2.90. The number of likely N-dealkylation sites (tertiary alicyclic amines) is 1. The van der Waals surface area contributed by atoms with E-state index in [1.807, 2.05) is 36.1 Å². The Labute approximate surface area is 143 Å². The largest absolute Gasteiger partial charge is 0.483 e. The molecule has 2 rings (SSSR count). The van der Waals surface area contributed by atoms with Crippen molar-refractivity contribution >= 4 is 11.8 Å².